The van der Waals surface area contributed by atoms with Crippen LogP contribution in [0.2, 0.25) is 0 Å². The van der Waals surface area contributed by atoms with Crippen LogP contribution < -0.4 is 6.15 Å². The summed E-state index contributed by atoms with van der Waals surface area (Å²) in [4.78, 5) is 0. The molecule has 0 aromatic heterocycles. The number of unbranched alkanes of at least 4 members (excludes halogenated alkanes) is 1. The van der Waals surface area contributed by atoms with Crippen LogP contribution in [-0.4, -0.2) is 0 Å². The third-order valence-corrected chi connectivity index (χ3v) is 2.63. The minimum absolute atomic E-state index is 0. The molecule has 0 aliphatic carbocycles. The fourth-order valence-electron chi connectivity index (χ4n) is 1.78. The predicted molar refractivity (Wildman–Crippen MR) is 74.3 cm³/mol. The Morgan fingerprint density at radius 3 is 2.31 bits per heavy atom. The predicted octanol–water partition coefficient (Wildman–Crippen LogP) is 4.98. The van der Waals surface area contributed by atoms with Crippen LogP contribution in [-0.2, 0) is 6.42 Å². The minimum Gasteiger partial charge on any atom is -0.344 e. The molecule has 1 heteroatoms. The summed E-state index contributed by atoms with van der Waals surface area (Å²) >= 11 is 0. The van der Waals surface area contributed by atoms with Gasteiger partial charge in [-0.3, -0.25) is 0 Å². The Balaban J connectivity index is 0.00000112. The van der Waals surface area contributed by atoms with Crippen LogP contribution in [0, 0.1) is 0 Å². The molecule has 0 saturated carbocycles. The fraction of sp³-hybridized carbons (Fsp3) is 0.333. The van der Waals surface area contributed by atoms with Gasteiger partial charge in [-0.1, -0.05) is 63.2 Å². The zero-order valence-corrected chi connectivity index (χ0v) is 9.37. The molecule has 16 heavy (non-hydrogen) atoms. The lowest BCUT2D eigenvalue weighted by molar-refractivity contribution is 0.796. The number of benzene rings is 2. The van der Waals surface area contributed by atoms with Gasteiger partial charge < -0.3 is 6.15 Å². The number of hydrogen-bond donors (Lipinski definition) is 1. The van der Waals surface area contributed by atoms with Crippen molar-refractivity contribution in [2.45, 2.75) is 33.6 Å². The molecule has 0 aliphatic rings. The maximum atomic E-state index is 2.31. The summed E-state index contributed by atoms with van der Waals surface area (Å²) in [7, 11) is 0. The van der Waals surface area contributed by atoms with Gasteiger partial charge in [0.05, 0.1) is 0 Å². The molecule has 0 spiro atoms. The van der Waals surface area contributed by atoms with Gasteiger partial charge in [0.15, 0.2) is 0 Å². The summed E-state index contributed by atoms with van der Waals surface area (Å²) in [6, 6.07) is 15.3. The van der Waals surface area contributed by atoms with Gasteiger partial charge in [-0.25, -0.2) is 0 Å². The van der Waals surface area contributed by atoms with Gasteiger partial charge in [-0.2, -0.15) is 0 Å². The highest BCUT2D eigenvalue weighted by molar-refractivity contribution is 5.82. The number of aryl methyl sites for hydroxylation is 1. The number of hydrogen-bond acceptors (Lipinski definition) is 1. The monoisotopic (exact) mass is 217 g/mol. The highest BCUT2D eigenvalue weighted by atomic mass is 14.0. The molecular weight excluding hydrogens is 194 g/mol. The van der Waals surface area contributed by atoms with Crippen molar-refractivity contribution in [3.05, 3.63) is 48.0 Å². The third kappa shape index (κ3) is 3.35. The van der Waals surface area contributed by atoms with Crippen molar-refractivity contribution in [2.24, 2.45) is 0 Å². The van der Waals surface area contributed by atoms with Gasteiger partial charge in [0.1, 0.15) is 0 Å². The van der Waals surface area contributed by atoms with E-state index >= 15 is 0 Å². The first-order valence-corrected chi connectivity index (χ1v) is 5.38. The van der Waals surface area contributed by atoms with E-state index in [4.69, 9.17) is 0 Å². The van der Waals surface area contributed by atoms with E-state index in [2.05, 4.69) is 49.4 Å². The van der Waals surface area contributed by atoms with Gasteiger partial charge in [0.25, 0.3) is 0 Å². The van der Waals surface area contributed by atoms with E-state index in [0.29, 0.717) is 0 Å². The second-order valence-electron chi connectivity index (χ2n) is 3.79. The average Bonchev–Trinajstić information content (AvgIpc) is 2.26. The van der Waals surface area contributed by atoms with Gasteiger partial charge in [0, 0.05) is 0 Å². The molecule has 0 atom stereocenters. The van der Waals surface area contributed by atoms with Crippen molar-refractivity contribution in [1.29, 1.82) is 0 Å². The Kier molecular flexibility index (Phi) is 6.43. The third-order valence-electron chi connectivity index (χ3n) is 2.63. The Morgan fingerprint density at radius 1 is 0.938 bits per heavy atom. The maximum Gasteiger partial charge on any atom is -0.0181 e. The molecule has 0 bridgehead atoms. The SMILES string of the molecule is C.CCCCc1ccc2ccccc2c1.N. The summed E-state index contributed by atoms with van der Waals surface area (Å²) in [6.45, 7) is 2.24. The molecule has 2 aromatic carbocycles. The average molecular weight is 217 g/mol. The van der Waals surface area contributed by atoms with E-state index < -0.39 is 0 Å². The van der Waals surface area contributed by atoms with Crippen LogP contribution in [0.4, 0.5) is 0 Å². The smallest absolute Gasteiger partial charge is 0.0181 e. The lowest BCUT2D eigenvalue weighted by Crippen LogP contribution is -1.84. The van der Waals surface area contributed by atoms with E-state index in [1.165, 1.54) is 35.6 Å². The molecule has 2 aromatic rings. The Labute approximate surface area is 99.1 Å². The van der Waals surface area contributed by atoms with Gasteiger partial charge in [-0.05, 0) is 29.2 Å². The van der Waals surface area contributed by atoms with Crippen molar-refractivity contribution >= 4 is 10.8 Å². The molecule has 0 unspecified atom stereocenters. The molecule has 0 amide bonds. The molecule has 0 saturated heterocycles. The molecule has 2 rings (SSSR count). The van der Waals surface area contributed by atoms with Crippen molar-refractivity contribution in [2.75, 3.05) is 0 Å². The molecular formula is C15H23N. The summed E-state index contributed by atoms with van der Waals surface area (Å²) in [6.07, 6.45) is 3.77. The maximum absolute atomic E-state index is 2.31. The molecule has 88 valence electrons. The van der Waals surface area contributed by atoms with Crippen molar-refractivity contribution < 1.29 is 0 Å². The minimum atomic E-state index is 0. The molecule has 0 fully saturated rings. The normalized spacial score (nSPS) is 9.31. The number of fused-ring (bicyclic) bond motifs is 1. The van der Waals surface area contributed by atoms with Gasteiger partial charge >= 0.3 is 0 Å². The first kappa shape index (κ1) is 14.7. The zero-order valence-electron chi connectivity index (χ0n) is 9.37. The fourth-order valence-corrected chi connectivity index (χ4v) is 1.78. The van der Waals surface area contributed by atoms with E-state index in [9.17, 15) is 0 Å². The van der Waals surface area contributed by atoms with Crippen molar-refractivity contribution in [3.8, 4) is 0 Å². The zero-order chi connectivity index (χ0) is 9.80. The van der Waals surface area contributed by atoms with Crippen molar-refractivity contribution in [3.63, 3.8) is 0 Å². The molecule has 0 heterocycles. The van der Waals surface area contributed by atoms with Crippen LogP contribution >= 0.6 is 0 Å². The standard InChI is InChI=1S/C14H16.CH4.H3N/c1-2-3-6-12-9-10-13-7-4-5-8-14(13)11-12;;/h4-5,7-11H,2-3,6H2,1H3;1H4;1H3. The van der Waals surface area contributed by atoms with Gasteiger partial charge in [0.2, 0.25) is 0 Å². The Hall–Kier alpha value is -1.34. The summed E-state index contributed by atoms with van der Waals surface area (Å²) in [5.41, 5.74) is 1.46. The molecule has 0 aliphatic heterocycles. The first-order chi connectivity index (χ1) is 6.90. The van der Waals surface area contributed by atoms with Crippen molar-refractivity contribution in [1.82, 2.24) is 6.15 Å². The van der Waals surface area contributed by atoms with Crippen LogP contribution in [0.5, 0.6) is 0 Å². The lowest BCUT2D eigenvalue weighted by Gasteiger charge is -2.02. The highest BCUT2D eigenvalue weighted by Gasteiger charge is 1.95. The van der Waals surface area contributed by atoms with E-state index in [-0.39, 0.29) is 13.6 Å². The second kappa shape index (κ2) is 7.02. The van der Waals surface area contributed by atoms with Crippen LogP contribution in [0.25, 0.3) is 10.8 Å². The Bertz CT molecular complexity index is 420. The Morgan fingerprint density at radius 2 is 1.62 bits per heavy atom. The summed E-state index contributed by atoms with van der Waals surface area (Å²) < 4.78 is 0. The van der Waals surface area contributed by atoms with Crippen LogP contribution in [0.1, 0.15) is 32.8 Å². The molecule has 3 N–H and O–H groups in total. The second-order valence-corrected chi connectivity index (χ2v) is 3.79. The largest absolute Gasteiger partial charge is 0.344 e. The highest BCUT2D eigenvalue weighted by Crippen LogP contribution is 2.16. The van der Waals surface area contributed by atoms with Crippen LogP contribution in [0.3, 0.4) is 0 Å². The summed E-state index contributed by atoms with van der Waals surface area (Å²) in [5, 5.41) is 2.70. The first-order valence-electron chi connectivity index (χ1n) is 5.38. The topological polar surface area (TPSA) is 35.0 Å². The lowest BCUT2D eigenvalue weighted by atomic mass is 10.0. The van der Waals surface area contributed by atoms with Crippen LogP contribution in [0.15, 0.2) is 42.5 Å². The number of rotatable bonds is 3. The van der Waals surface area contributed by atoms with E-state index in [0.717, 1.165) is 0 Å². The summed E-state index contributed by atoms with van der Waals surface area (Å²) in [5.74, 6) is 0. The quantitative estimate of drug-likeness (QED) is 0.773. The molecule has 0 radical (unpaired) electrons. The van der Waals surface area contributed by atoms with Gasteiger partial charge in [-0.15, -0.1) is 0 Å². The van der Waals surface area contributed by atoms with E-state index in [1.54, 1.807) is 0 Å². The van der Waals surface area contributed by atoms with E-state index in [1.807, 2.05) is 0 Å². The molecule has 1 nitrogen and oxygen atoms in total.